The van der Waals surface area contributed by atoms with Crippen LogP contribution < -0.4 is 10.2 Å². The van der Waals surface area contributed by atoms with Gasteiger partial charge in [-0.1, -0.05) is 0 Å². The highest BCUT2D eigenvalue weighted by Gasteiger charge is 2.40. The van der Waals surface area contributed by atoms with Gasteiger partial charge in [-0.05, 0) is 18.2 Å². The molecular formula is C17H18F2N4O2. The van der Waals surface area contributed by atoms with Crippen LogP contribution in [0.5, 0.6) is 0 Å². The minimum Gasteiger partial charge on any atom is -0.356 e. The number of aromatic nitrogens is 2. The Kier molecular flexibility index (Phi) is 4.22. The fourth-order valence-electron chi connectivity index (χ4n) is 3.16. The van der Waals surface area contributed by atoms with E-state index in [0.717, 1.165) is 37.8 Å². The fourth-order valence-corrected chi connectivity index (χ4v) is 3.16. The van der Waals surface area contributed by atoms with Gasteiger partial charge in [0, 0.05) is 38.2 Å². The average Bonchev–Trinajstić information content (AvgIpc) is 3.06. The van der Waals surface area contributed by atoms with Gasteiger partial charge < -0.3 is 19.7 Å². The molecule has 8 heteroatoms. The molecule has 3 heterocycles. The van der Waals surface area contributed by atoms with Crippen molar-refractivity contribution in [3.63, 3.8) is 0 Å². The Labute approximate surface area is 143 Å². The molecule has 2 aliphatic heterocycles. The Bertz CT molecular complexity index is 758. The standard InChI is InChI=1S/C17H18F2N4O2/c18-12-1-2-14(13(19)11-12)21-16-20-6-3-15(22-16)23-7-4-17(5-8-23)24-9-10-25-17/h1-3,6,11H,4-5,7-10H2,(H,20,21,22). The van der Waals surface area contributed by atoms with E-state index in [1.54, 1.807) is 12.3 Å². The molecule has 0 aliphatic carbocycles. The van der Waals surface area contributed by atoms with Crippen molar-refractivity contribution in [1.82, 2.24) is 9.97 Å². The van der Waals surface area contributed by atoms with Crippen LogP contribution in [0.25, 0.3) is 0 Å². The molecule has 2 saturated heterocycles. The molecule has 2 aromatic rings. The molecule has 132 valence electrons. The Balaban J connectivity index is 1.46. The van der Waals surface area contributed by atoms with E-state index in [0.29, 0.717) is 13.2 Å². The summed E-state index contributed by atoms with van der Waals surface area (Å²) in [6.07, 6.45) is 3.15. The van der Waals surface area contributed by atoms with Gasteiger partial charge in [0.15, 0.2) is 5.79 Å². The summed E-state index contributed by atoms with van der Waals surface area (Å²) in [6.45, 7) is 2.79. The lowest BCUT2D eigenvalue weighted by atomic mass is 10.0. The Hall–Kier alpha value is -2.32. The first-order chi connectivity index (χ1) is 12.1. The summed E-state index contributed by atoms with van der Waals surface area (Å²) in [6, 6.07) is 5.12. The molecule has 1 N–H and O–H groups in total. The lowest BCUT2D eigenvalue weighted by Gasteiger charge is -2.38. The topological polar surface area (TPSA) is 59.5 Å². The molecule has 2 aliphatic rings. The maximum absolute atomic E-state index is 13.8. The van der Waals surface area contributed by atoms with Gasteiger partial charge in [-0.3, -0.25) is 0 Å². The molecule has 1 aromatic heterocycles. The van der Waals surface area contributed by atoms with E-state index >= 15 is 0 Å². The number of hydrogen-bond acceptors (Lipinski definition) is 6. The van der Waals surface area contributed by atoms with Gasteiger partial charge in [0.2, 0.25) is 5.95 Å². The largest absolute Gasteiger partial charge is 0.356 e. The van der Waals surface area contributed by atoms with Gasteiger partial charge in [0.1, 0.15) is 17.5 Å². The van der Waals surface area contributed by atoms with E-state index in [1.807, 2.05) is 0 Å². The van der Waals surface area contributed by atoms with Gasteiger partial charge in [0.25, 0.3) is 0 Å². The number of benzene rings is 1. The molecular weight excluding hydrogens is 330 g/mol. The van der Waals surface area contributed by atoms with Gasteiger partial charge in [-0.2, -0.15) is 4.98 Å². The molecule has 0 atom stereocenters. The van der Waals surface area contributed by atoms with Crippen molar-refractivity contribution < 1.29 is 18.3 Å². The molecule has 25 heavy (non-hydrogen) atoms. The first kappa shape index (κ1) is 16.2. The van der Waals surface area contributed by atoms with Crippen molar-refractivity contribution >= 4 is 17.5 Å². The number of nitrogens with zero attached hydrogens (tertiary/aromatic N) is 3. The third kappa shape index (κ3) is 3.40. The average molecular weight is 348 g/mol. The molecule has 0 bridgehead atoms. The molecule has 0 saturated carbocycles. The summed E-state index contributed by atoms with van der Waals surface area (Å²) in [5.74, 6) is -0.757. The molecule has 4 rings (SSSR count). The lowest BCUT2D eigenvalue weighted by Crippen LogP contribution is -2.45. The van der Waals surface area contributed by atoms with Crippen LogP contribution in [0.1, 0.15) is 12.8 Å². The number of piperidine rings is 1. The van der Waals surface area contributed by atoms with Crippen LogP contribution in [0.2, 0.25) is 0 Å². The van der Waals surface area contributed by atoms with Crippen LogP contribution in [0.15, 0.2) is 30.5 Å². The molecule has 1 aromatic carbocycles. The van der Waals surface area contributed by atoms with E-state index < -0.39 is 17.4 Å². The van der Waals surface area contributed by atoms with Gasteiger partial charge in [0.05, 0.1) is 18.9 Å². The zero-order valence-electron chi connectivity index (χ0n) is 13.5. The van der Waals surface area contributed by atoms with Crippen molar-refractivity contribution in [3.05, 3.63) is 42.1 Å². The first-order valence-corrected chi connectivity index (χ1v) is 8.22. The molecule has 0 unspecified atom stereocenters. The van der Waals surface area contributed by atoms with E-state index in [4.69, 9.17) is 9.47 Å². The second kappa shape index (κ2) is 6.53. The normalized spacial score (nSPS) is 19.4. The number of anilines is 3. The summed E-state index contributed by atoms with van der Waals surface area (Å²) in [5, 5.41) is 2.79. The number of ether oxygens (including phenoxy) is 2. The molecule has 0 radical (unpaired) electrons. The van der Waals surface area contributed by atoms with Crippen LogP contribution in [-0.2, 0) is 9.47 Å². The highest BCUT2D eigenvalue weighted by atomic mass is 19.1. The van der Waals surface area contributed by atoms with E-state index in [9.17, 15) is 8.78 Å². The summed E-state index contributed by atoms with van der Waals surface area (Å²) < 4.78 is 38.2. The van der Waals surface area contributed by atoms with Crippen LogP contribution in [-0.4, -0.2) is 42.1 Å². The number of hydrogen-bond donors (Lipinski definition) is 1. The number of rotatable bonds is 3. The van der Waals surface area contributed by atoms with Crippen molar-refractivity contribution in [2.45, 2.75) is 18.6 Å². The quantitative estimate of drug-likeness (QED) is 0.920. The zero-order chi connectivity index (χ0) is 17.3. The van der Waals surface area contributed by atoms with E-state index in [2.05, 4.69) is 20.2 Å². The minimum atomic E-state index is -0.690. The molecule has 1 spiro atoms. The predicted octanol–water partition coefficient (Wildman–Crippen LogP) is 2.84. The number of halogens is 2. The lowest BCUT2D eigenvalue weighted by molar-refractivity contribution is -0.169. The first-order valence-electron chi connectivity index (χ1n) is 8.22. The van der Waals surface area contributed by atoms with Crippen LogP contribution in [0, 0.1) is 11.6 Å². The zero-order valence-corrected chi connectivity index (χ0v) is 13.5. The summed E-state index contributed by atoms with van der Waals surface area (Å²) in [7, 11) is 0. The summed E-state index contributed by atoms with van der Waals surface area (Å²) >= 11 is 0. The molecule has 0 amide bonds. The smallest absolute Gasteiger partial charge is 0.229 e. The Morgan fingerprint density at radius 3 is 2.56 bits per heavy atom. The van der Waals surface area contributed by atoms with Gasteiger partial charge >= 0.3 is 0 Å². The van der Waals surface area contributed by atoms with Gasteiger partial charge in [-0.25, -0.2) is 13.8 Å². The van der Waals surface area contributed by atoms with Crippen molar-refractivity contribution in [2.75, 3.05) is 36.5 Å². The van der Waals surface area contributed by atoms with E-state index in [-0.39, 0.29) is 11.6 Å². The summed E-state index contributed by atoms with van der Waals surface area (Å²) in [4.78, 5) is 10.7. The molecule has 6 nitrogen and oxygen atoms in total. The van der Waals surface area contributed by atoms with Crippen LogP contribution in [0.4, 0.5) is 26.2 Å². The minimum absolute atomic E-state index is 0.129. The van der Waals surface area contributed by atoms with Crippen LogP contribution >= 0.6 is 0 Å². The second-order valence-electron chi connectivity index (χ2n) is 6.08. The van der Waals surface area contributed by atoms with Crippen molar-refractivity contribution in [3.8, 4) is 0 Å². The predicted molar refractivity (Wildman–Crippen MR) is 87.8 cm³/mol. The molecule has 2 fully saturated rings. The maximum atomic E-state index is 13.8. The highest BCUT2D eigenvalue weighted by molar-refractivity contribution is 5.55. The third-order valence-electron chi connectivity index (χ3n) is 4.48. The third-order valence-corrected chi connectivity index (χ3v) is 4.48. The Morgan fingerprint density at radius 2 is 1.84 bits per heavy atom. The van der Waals surface area contributed by atoms with E-state index in [1.165, 1.54) is 12.1 Å². The Morgan fingerprint density at radius 1 is 1.08 bits per heavy atom. The van der Waals surface area contributed by atoms with Crippen molar-refractivity contribution in [1.29, 1.82) is 0 Å². The maximum Gasteiger partial charge on any atom is 0.229 e. The van der Waals surface area contributed by atoms with Gasteiger partial charge in [-0.15, -0.1) is 0 Å². The monoisotopic (exact) mass is 348 g/mol. The number of nitrogens with one attached hydrogen (secondary N) is 1. The second-order valence-corrected chi connectivity index (χ2v) is 6.08. The van der Waals surface area contributed by atoms with Crippen molar-refractivity contribution in [2.24, 2.45) is 0 Å². The van der Waals surface area contributed by atoms with Crippen LogP contribution in [0.3, 0.4) is 0 Å². The fraction of sp³-hybridized carbons (Fsp3) is 0.412. The SMILES string of the molecule is Fc1ccc(Nc2nccc(N3CCC4(CC3)OCCO4)n2)c(F)c1. The summed E-state index contributed by atoms with van der Waals surface area (Å²) in [5.41, 5.74) is 0.129. The highest BCUT2D eigenvalue weighted by Crippen LogP contribution is 2.32.